The molecule has 0 radical (unpaired) electrons. The van der Waals surface area contributed by atoms with Gasteiger partial charge in [-0.05, 0) is 49.5 Å². The van der Waals surface area contributed by atoms with Crippen molar-refractivity contribution in [3.05, 3.63) is 53.6 Å². The van der Waals surface area contributed by atoms with Gasteiger partial charge in [0.15, 0.2) is 5.96 Å². The number of piperidine rings is 1. The maximum Gasteiger partial charge on any atom is 0.236 e. The van der Waals surface area contributed by atoms with Crippen LogP contribution in [-0.2, 0) is 6.54 Å². The van der Waals surface area contributed by atoms with E-state index in [0.29, 0.717) is 12.4 Å². The number of hydrogen-bond acceptors (Lipinski definition) is 6. The molecule has 1 fully saturated rings. The molecule has 3 aromatic rings. The van der Waals surface area contributed by atoms with E-state index in [9.17, 15) is 0 Å². The zero-order chi connectivity index (χ0) is 19.9. The molecule has 1 aliphatic rings. The third kappa shape index (κ3) is 5.07. The summed E-state index contributed by atoms with van der Waals surface area (Å²) >= 11 is 1.62. The highest BCUT2D eigenvalue weighted by molar-refractivity contribution is 7.13. The van der Waals surface area contributed by atoms with E-state index in [2.05, 4.69) is 31.6 Å². The van der Waals surface area contributed by atoms with Crippen molar-refractivity contribution in [2.45, 2.75) is 31.8 Å². The number of nitrogens with zero attached hydrogens (tertiary/aromatic N) is 3. The van der Waals surface area contributed by atoms with Crippen LogP contribution in [0.4, 0.5) is 0 Å². The fourth-order valence-corrected chi connectivity index (χ4v) is 4.27. The average Bonchev–Trinajstić information content (AvgIpc) is 3.53. The zero-order valence-corrected chi connectivity index (χ0v) is 17.5. The Balaban J connectivity index is 1.33. The van der Waals surface area contributed by atoms with Gasteiger partial charge in [0.2, 0.25) is 5.89 Å². The van der Waals surface area contributed by atoms with Crippen molar-refractivity contribution in [3.8, 4) is 10.8 Å². The smallest absolute Gasteiger partial charge is 0.236 e. The Bertz CT molecular complexity index is 882. The lowest BCUT2D eigenvalue weighted by atomic mass is 10.1. The Kier molecular flexibility index (Phi) is 6.63. The van der Waals surface area contributed by atoms with E-state index in [-0.39, 0.29) is 6.04 Å². The van der Waals surface area contributed by atoms with Crippen LogP contribution in [0.15, 0.2) is 56.0 Å². The third-order valence-electron chi connectivity index (χ3n) is 5.11. The van der Waals surface area contributed by atoms with Gasteiger partial charge in [0, 0.05) is 13.6 Å². The minimum atomic E-state index is 0.196. The van der Waals surface area contributed by atoms with Crippen molar-refractivity contribution in [2.75, 3.05) is 26.7 Å². The van der Waals surface area contributed by atoms with Gasteiger partial charge < -0.3 is 19.5 Å². The Labute approximate surface area is 174 Å². The molecule has 0 saturated carbocycles. The molecule has 8 heteroatoms. The highest BCUT2D eigenvalue weighted by atomic mass is 32.1. The number of aliphatic imine (C=N–C) groups is 1. The normalized spacial score (nSPS) is 16.7. The van der Waals surface area contributed by atoms with Gasteiger partial charge in [0.05, 0.1) is 29.4 Å². The number of hydrogen-bond donors (Lipinski definition) is 2. The molecule has 29 heavy (non-hydrogen) atoms. The molecule has 1 unspecified atom stereocenters. The number of nitrogens with one attached hydrogen (secondary N) is 2. The van der Waals surface area contributed by atoms with Crippen molar-refractivity contribution < 1.29 is 8.83 Å². The monoisotopic (exact) mass is 413 g/mol. The molecule has 0 amide bonds. The zero-order valence-electron chi connectivity index (χ0n) is 16.6. The molecule has 7 nitrogen and oxygen atoms in total. The molecule has 3 aromatic heterocycles. The van der Waals surface area contributed by atoms with Crippen molar-refractivity contribution in [2.24, 2.45) is 4.99 Å². The maximum atomic E-state index is 5.72. The fraction of sp³-hybridized carbons (Fsp3) is 0.429. The summed E-state index contributed by atoms with van der Waals surface area (Å²) in [6, 6.07) is 8.20. The number of furan rings is 1. The van der Waals surface area contributed by atoms with Crippen LogP contribution in [0, 0.1) is 0 Å². The second kappa shape index (κ2) is 9.76. The van der Waals surface area contributed by atoms with Crippen molar-refractivity contribution >= 4 is 17.3 Å². The van der Waals surface area contributed by atoms with Crippen LogP contribution >= 0.6 is 11.3 Å². The molecule has 2 N–H and O–H groups in total. The van der Waals surface area contributed by atoms with E-state index in [0.717, 1.165) is 41.9 Å². The van der Waals surface area contributed by atoms with E-state index >= 15 is 0 Å². The maximum absolute atomic E-state index is 5.72. The van der Waals surface area contributed by atoms with Crippen molar-refractivity contribution in [3.63, 3.8) is 0 Å². The summed E-state index contributed by atoms with van der Waals surface area (Å²) in [5.74, 6) is 2.38. The van der Waals surface area contributed by atoms with Crippen LogP contribution in [0.25, 0.3) is 10.8 Å². The Morgan fingerprint density at radius 1 is 1.21 bits per heavy atom. The highest BCUT2D eigenvalue weighted by Gasteiger charge is 2.24. The Morgan fingerprint density at radius 2 is 2.10 bits per heavy atom. The van der Waals surface area contributed by atoms with Gasteiger partial charge >= 0.3 is 0 Å². The molecular weight excluding hydrogens is 386 g/mol. The first-order valence-corrected chi connectivity index (χ1v) is 10.9. The van der Waals surface area contributed by atoms with E-state index in [4.69, 9.17) is 8.83 Å². The topological polar surface area (TPSA) is 78.8 Å². The van der Waals surface area contributed by atoms with Gasteiger partial charge in [-0.2, -0.15) is 0 Å². The van der Waals surface area contributed by atoms with Gasteiger partial charge in [0.1, 0.15) is 12.0 Å². The summed E-state index contributed by atoms with van der Waals surface area (Å²) in [6.07, 6.45) is 7.22. The number of oxazole rings is 1. The van der Waals surface area contributed by atoms with Crippen LogP contribution < -0.4 is 10.6 Å². The van der Waals surface area contributed by atoms with Crippen LogP contribution in [0.5, 0.6) is 0 Å². The summed E-state index contributed by atoms with van der Waals surface area (Å²) in [7, 11) is 1.78. The largest absolute Gasteiger partial charge is 0.468 e. The van der Waals surface area contributed by atoms with Gasteiger partial charge in [-0.25, -0.2) is 4.98 Å². The second-order valence-corrected chi connectivity index (χ2v) is 8.00. The SMILES string of the molecule is CN=C(NCc1coc(-c2cccs2)n1)NCC(c1ccco1)N1CCCCC1. The van der Waals surface area contributed by atoms with Gasteiger partial charge in [0.25, 0.3) is 0 Å². The van der Waals surface area contributed by atoms with Crippen molar-refractivity contribution in [1.82, 2.24) is 20.5 Å². The average molecular weight is 414 g/mol. The molecule has 0 aromatic carbocycles. The number of aromatic nitrogens is 1. The molecule has 4 heterocycles. The van der Waals surface area contributed by atoms with Gasteiger partial charge in [-0.3, -0.25) is 9.89 Å². The van der Waals surface area contributed by atoms with Crippen LogP contribution in [0.2, 0.25) is 0 Å². The Morgan fingerprint density at radius 3 is 2.83 bits per heavy atom. The minimum Gasteiger partial charge on any atom is -0.468 e. The van der Waals surface area contributed by atoms with E-state index in [1.54, 1.807) is 30.9 Å². The molecule has 0 spiro atoms. The minimum absolute atomic E-state index is 0.196. The predicted molar refractivity (Wildman–Crippen MR) is 115 cm³/mol. The molecule has 1 aliphatic heterocycles. The lowest BCUT2D eigenvalue weighted by molar-refractivity contribution is 0.146. The lowest BCUT2D eigenvalue weighted by Gasteiger charge is -2.33. The molecule has 1 saturated heterocycles. The summed E-state index contributed by atoms with van der Waals surface area (Å²) in [6.45, 7) is 3.48. The molecular formula is C21H27N5O2S. The summed E-state index contributed by atoms with van der Waals surface area (Å²) < 4.78 is 11.3. The van der Waals surface area contributed by atoms with Gasteiger partial charge in [-0.15, -0.1) is 11.3 Å². The molecule has 154 valence electrons. The molecule has 0 bridgehead atoms. The Hall–Kier alpha value is -2.58. The predicted octanol–water partition coefficient (Wildman–Crippen LogP) is 3.89. The molecule has 0 aliphatic carbocycles. The molecule has 4 rings (SSSR count). The summed E-state index contributed by atoms with van der Waals surface area (Å²) in [5, 5.41) is 8.77. The number of thiophene rings is 1. The van der Waals surface area contributed by atoms with E-state index < -0.39 is 0 Å². The molecule has 1 atom stereocenters. The first kappa shape index (κ1) is 19.7. The third-order valence-corrected chi connectivity index (χ3v) is 5.97. The first-order chi connectivity index (χ1) is 14.3. The highest BCUT2D eigenvalue weighted by Crippen LogP contribution is 2.25. The number of rotatable bonds is 7. The first-order valence-electron chi connectivity index (χ1n) is 10.0. The number of likely N-dealkylation sites (tertiary alicyclic amines) is 1. The standard InChI is InChI=1S/C21H27N5O2S/c1-22-21(23-13-16-15-28-20(25-16)19-8-6-12-29-19)24-14-17(18-7-5-11-27-18)26-9-3-2-4-10-26/h5-8,11-12,15,17H,2-4,9-10,13-14H2,1H3,(H2,22,23,24). The lowest BCUT2D eigenvalue weighted by Crippen LogP contribution is -2.44. The van der Waals surface area contributed by atoms with Crippen LogP contribution in [0.1, 0.15) is 36.8 Å². The second-order valence-electron chi connectivity index (χ2n) is 7.06. The summed E-state index contributed by atoms with van der Waals surface area (Å²) in [4.78, 5) is 12.4. The van der Waals surface area contributed by atoms with Crippen LogP contribution in [0.3, 0.4) is 0 Å². The van der Waals surface area contributed by atoms with E-state index in [1.165, 1.54) is 19.3 Å². The quantitative estimate of drug-likeness (QED) is 0.452. The number of guanidine groups is 1. The van der Waals surface area contributed by atoms with Crippen LogP contribution in [-0.4, -0.2) is 42.5 Å². The fourth-order valence-electron chi connectivity index (χ4n) is 3.61. The summed E-state index contributed by atoms with van der Waals surface area (Å²) in [5.41, 5.74) is 0.843. The van der Waals surface area contributed by atoms with E-state index in [1.807, 2.05) is 23.6 Å². The van der Waals surface area contributed by atoms with Gasteiger partial charge in [-0.1, -0.05) is 12.5 Å². The van der Waals surface area contributed by atoms with Crippen molar-refractivity contribution in [1.29, 1.82) is 0 Å².